The zero-order valence-corrected chi connectivity index (χ0v) is 11.4. The van der Waals surface area contributed by atoms with Crippen molar-refractivity contribution in [2.75, 3.05) is 13.1 Å². The van der Waals surface area contributed by atoms with Crippen LogP contribution in [0.5, 0.6) is 5.75 Å². The van der Waals surface area contributed by atoms with Gasteiger partial charge >= 0.3 is 0 Å². The summed E-state index contributed by atoms with van der Waals surface area (Å²) in [5, 5.41) is 13.4. The Morgan fingerprint density at radius 3 is 2.58 bits per heavy atom. The van der Waals surface area contributed by atoms with E-state index in [4.69, 9.17) is 0 Å². The minimum absolute atomic E-state index is 0.130. The molecule has 4 heteroatoms. The van der Waals surface area contributed by atoms with Crippen LogP contribution in [0.3, 0.4) is 0 Å². The minimum Gasteiger partial charge on any atom is -0.507 e. The summed E-state index contributed by atoms with van der Waals surface area (Å²) in [7, 11) is 0. The smallest absolute Gasteiger partial charge is 0.267 e. The molecule has 19 heavy (non-hydrogen) atoms. The average molecular weight is 269 g/mol. The van der Waals surface area contributed by atoms with Gasteiger partial charge in [0.2, 0.25) is 0 Å². The van der Waals surface area contributed by atoms with Gasteiger partial charge in [-0.1, -0.05) is 19.9 Å². The average Bonchev–Trinajstić information content (AvgIpc) is 2.39. The molecular formula is C15H21F2NO. The highest BCUT2D eigenvalue weighted by Gasteiger charge is 2.24. The van der Waals surface area contributed by atoms with Gasteiger partial charge in [-0.3, -0.25) is 0 Å². The van der Waals surface area contributed by atoms with Gasteiger partial charge in [0, 0.05) is 12.5 Å². The summed E-state index contributed by atoms with van der Waals surface area (Å²) in [6.45, 7) is 5.66. The molecule has 2 rings (SSSR count). The summed E-state index contributed by atoms with van der Waals surface area (Å²) in [4.78, 5) is 0. The van der Waals surface area contributed by atoms with Crippen LogP contribution in [-0.2, 0) is 0 Å². The van der Waals surface area contributed by atoms with E-state index in [1.807, 2.05) is 19.9 Å². The molecular weight excluding hydrogens is 248 g/mol. The lowest BCUT2D eigenvalue weighted by Gasteiger charge is -2.26. The maximum Gasteiger partial charge on any atom is 0.267 e. The zero-order valence-electron chi connectivity index (χ0n) is 11.4. The van der Waals surface area contributed by atoms with Crippen LogP contribution in [0.4, 0.5) is 8.78 Å². The van der Waals surface area contributed by atoms with Crippen LogP contribution in [0.15, 0.2) is 12.1 Å². The van der Waals surface area contributed by atoms with Crippen molar-refractivity contribution in [1.82, 2.24) is 5.32 Å². The van der Waals surface area contributed by atoms with Crippen molar-refractivity contribution >= 4 is 0 Å². The first-order chi connectivity index (χ1) is 9.00. The largest absolute Gasteiger partial charge is 0.507 e. The molecule has 0 saturated carbocycles. The second-order valence-corrected chi connectivity index (χ2v) is 5.55. The molecule has 0 bridgehead atoms. The lowest BCUT2D eigenvalue weighted by Crippen LogP contribution is -2.28. The molecule has 1 heterocycles. The number of piperidine rings is 1. The maximum atomic E-state index is 13.0. The topological polar surface area (TPSA) is 32.3 Å². The summed E-state index contributed by atoms with van der Waals surface area (Å²) in [5.74, 6) is 0.0893. The van der Waals surface area contributed by atoms with Crippen molar-refractivity contribution in [3.8, 4) is 5.75 Å². The van der Waals surface area contributed by atoms with E-state index in [2.05, 4.69) is 5.32 Å². The quantitative estimate of drug-likeness (QED) is 0.871. The van der Waals surface area contributed by atoms with E-state index in [9.17, 15) is 13.9 Å². The maximum absolute atomic E-state index is 13.0. The van der Waals surface area contributed by atoms with Gasteiger partial charge in [-0.2, -0.15) is 0 Å². The number of nitrogens with one attached hydrogen (secondary N) is 1. The van der Waals surface area contributed by atoms with Crippen molar-refractivity contribution in [3.05, 3.63) is 28.8 Å². The number of hydrogen-bond donors (Lipinski definition) is 2. The molecule has 0 radical (unpaired) electrons. The highest BCUT2D eigenvalue weighted by atomic mass is 19.3. The number of halogens is 2. The first-order valence-corrected chi connectivity index (χ1v) is 6.86. The molecule has 0 aliphatic carbocycles. The first kappa shape index (κ1) is 14.3. The Balaban J connectivity index is 2.45. The molecule has 1 aromatic carbocycles. The highest BCUT2D eigenvalue weighted by Crippen LogP contribution is 2.39. The Bertz CT molecular complexity index is 440. The van der Waals surface area contributed by atoms with Crippen molar-refractivity contribution < 1.29 is 13.9 Å². The normalized spacial score (nSPS) is 20.2. The molecule has 1 aliphatic rings. The van der Waals surface area contributed by atoms with E-state index in [0.717, 1.165) is 31.5 Å². The van der Waals surface area contributed by atoms with E-state index in [-0.39, 0.29) is 23.1 Å². The number of alkyl halides is 2. The third kappa shape index (κ3) is 3.06. The monoisotopic (exact) mass is 269 g/mol. The van der Waals surface area contributed by atoms with E-state index >= 15 is 0 Å². The molecule has 0 aromatic heterocycles. The van der Waals surface area contributed by atoms with Crippen LogP contribution in [0.25, 0.3) is 0 Å². The summed E-state index contributed by atoms with van der Waals surface area (Å²) >= 11 is 0. The third-order valence-electron chi connectivity index (χ3n) is 3.83. The summed E-state index contributed by atoms with van der Waals surface area (Å²) in [6, 6.07) is 3.33. The number of benzene rings is 1. The van der Waals surface area contributed by atoms with Gasteiger partial charge in [-0.05, 0) is 42.5 Å². The molecule has 1 atom stereocenters. The molecule has 1 saturated heterocycles. The number of rotatable bonds is 3. The van der Waals surface area contributed by atoms with E-state index < -0.39 is 6.43 Å². The third-order valence-corrected chi connectivity index (χ3v) is 3.83. The Morgan fingerprint density at radius 2 is 2.05 bits per heavy atom. The first-order valence-electron chi connectivity index (χ1n) is 6.86. The van der Waals surface area contributed by atoms with Crippen LogP contribution < -0.4 is 5.32 Å². The Kier molecular flexibility index (Phi) is 4.40. The second-order valence-electron chi connectivity index (χ2n) is 5.55. The van der Waals surface area contributed by atoms with Crippen molar-refractivity contribution in [2.24, 2.45) is 0 Å². The number of phenols is 1. The Hall–Kier alpha value is -1.16. The van der Waals surface area contributed by atoms with Gasteiger partial charge in [-0.25, -0.2) is 8.78 Å². The summed E-state index contributed by atoms with van der Waals surface area (Å²) in [5.41, 5.74) is 1.31. The predicted octanol–water partition coefficient (Wildman–Crippen LogP) is 3.92. The molecule has 1 unspecified atom stereocenters. The molecule has 2 N–H and O–H groups in total. The fraction of sp³-hybridized carbons (Fsp3) is 0.600. The van der Waals surface area contributed by atoms with Gasteiger partial charge in [0.05, 0.1) is 5.56 Å². The van der Waals surface area contributed by atoms with E-state index in [0.29, 0.717) is 5.56 Å². The van der Waals surface area contributed by atoms with Gasteiger partial charge in [0.25, 0.3) is 6.43 Å². The van der Waals surface area contributed by atoms with Gasteiger partial charge < -0.3 is 10.4 Å². The molecule has 0 amide bonds. The van der Waals surface area contributed by atoms with Crippen molar-refractivity contribution in [1.29, 1.82) is 0 Å². The van der Waals surface area contributed by atoms with Crippen LogP contribution in [0.2, 0.25) is 0 Å². The fourth-order valence-corrected chi connectivity index (χ4v) is 2.63. The van der Waals surface area contributed by atoms with Gasteiger partial charge in [0.1, 0.15) is 5.75 Å². The molecule has 0 spiro atoms. The van der Waals surface area contributed by atoms with Crippen molar-refractivity contribution in [3.63, 3.8) is 0 Å². The van der Waals surface area contributed by atoms with Crippen LogP contribution in [0.1, 0.15) is 61.6 Å². The zero-order chi connectivity index (χ0) is 14.0. The lowest BCUT2D eigenvalue weighted by atomic mass is 9.86. The van der Waals surface area contributed by atoms with E-state index in [1.54, 1.807) is 0 Å². The lowest BCUT2D eigenvalue weighted by molar-refractivity contribution is 0.147. The summed E-state index contributed by atoms with van der Waals surface area (Å²) < 4.78 is 26.1. The fourth-order valence-electron chi connectivity index (χ4n) is 2.63. The summed E-state index contributed by atoms with van der Waals surface area (Å²) in [6.07, 6.45) is -0.681. The number of hydrogen-bond acceptors (Lipinski definition) is 2. The molecule has 1 aliphatic heterocycles. The minimum atomic E-state index is -2.63. The second kappa shape index (κ2) is 5.87. The molecule has 1 fully saturated rings. The molecule has 2 nitrogen and oxygen atoms in total. The SMILES string of the molecule is CC(C)c1cc(C(F)F)c(O)c(C2CCCNC2)c1. The number of phenolic OH excluding ortho intramolecular Hbond substituents is 1. The predicted molar refractivity (Wildman–Crippen MR) is 72.0 cm³/mol. The van der Waals surface area contributed by atoms with Crippen LogP contribution >= 0.6 is 0 Å². The van der Waals surface area contributed by atoms with Gasteiger partial charge in [0.15, 0.2) is 0 Å². The Labute approximate surface area is 112 Å². The highest BCUT2D eigenvalue weighted by molar-refractivity contribution is 5.47. The van der Waals surface area contributed by atoms with E-state index in [1.165, 1.54) is 6.07 Å². The van der Waals surface area contributed by atoms with Crippen molar-refractivity contribution in [2.45, 2.75) is 45.0 Å². The molecule has 1 aromatic rings. The Morgan fingerprint density at radius 1 is 1.32 bits per heavy atom. The number of aromatic hydroxyl groups is 1. The standard InChI is InChI=1S/C15H21F2NO/c1-9(2)11-6-12(10-4-3-5-18-8-10)14(19)13(7-11)15(16)17/h6-7,9-10,15,18-19H,3-5,8H2,1-2H3. The van der Waals surface area contributed by atoms with Crippen LogP contribution in [0, 0.1) is 0 Å². The molecule has 106 valence electrons. The van der Waals surface area contributed by atoms with Crippen LogP contribution in [-0.4, -0.2) is 18.2 Å². The van der Waals surface area contributed by atoms with Gasteiger partial charge in [-0.15, -0.1) is 0 Å².